The van der Waals surface area contributed by atoms with Crippen LogP contribution in [-0.4, -0.2) is 44.7 Å². The lowest BCUT2D eigenvalue weighted by Crippen LogP contribution is -2.44. The number of hydrogen-bond acceptors (Lipinski definition) is 8. The molecular weight excluding hydrogens is 266 g/mol. The van der Waals surface area contributed by atoms with Crippen LogP contribution in [0.25, 0.3) is 0 Å². The maximum absolute atomic E-state index is 11.0. The Morgan fingerprint density at radius 3 is 1.79 bits per heavy atom. The van der Waals surface area contributed by atoms with Crippen molar-refractivity contribution in [3.8, 4) is 0 Å². The molecule has 2 aliphatic rings. The van der Waals surface area contributed by atoms with Gasteiger partial charge in [-0.15, -0.1) is 0 Å². The number of nitro groups is 2. The fourth-order valence-electron chi connectivity index (χ4n) is 1.81. The van der Waals surface area contributed by atoms with Crippen molar-refractivity contribution in [1.29, 1.82) is 0 Å². The van der Waals surface area contributed by atoms with E-state index in [1.165, 1.54) is 0 Å². The van der Waals surface area contributed by atoms with E-state index in [2.05, 4.69) is 0 Å². The van der Waals surface area contributed by atoms with Crippen molar-refractivity contribution in [2.24, 2.45) is 0 Å². The quantitative estimate of drug-likeness (QED) is 0.303. The molecule has 0 aromatic rings. The SMILES string of the molecule is O=[N+]([O-])C1=CC(=[N+]([O-])O)C=C([N+](=O)[O-])C12OCCO2. The van der Waals surface area contributed by atoms with Gasteiger partial charge in [0.05, 0.1) is 35.2 Å². The number of allylic oxidation sites excluding steroid dienone is 2. The third-order valence-corrected chi connectivity index (χ3v) is 2.55. The molecule has 19 heavy (non-hydrogen) atoms. The van der Waals surface area contributed by atoms with Gasteiger partial charge in [0.1, 0.15) is 0 Å². The molecule has 1 aliphatic heterocycles. The van der Waals surface area contributed by atoms with Gasteiger partial charge in [-0.3, -0.25) is 25.4 Å². The summed E-state index contributed by atoms with van der Waals surface area (Å²) in [5.41, 5.74) is -2.35. The highest BCUT2D eigenvalue weighted by Gasteiger charge is 2.61. The van der Waals surface area contributed by atoms with E-state index in [1.807, 2.05) is 0 Å². The first-order chi connectivity index (χ1) is 8.88. The van der Waals surface area contributed by atoms with Crippen molar-refractivity contribution in [2.75, 3.05) is 13.2 Å². The van der Waals surface area contributed by atoms with Gasteiger partial charge in [0.15, 0.2) is 0 Å². The molecule has 11 nitrogen and oxygen atoms in total. The van der Waals surface area contributed by atoms with E-state index >= 15 is 0 Å². The third-order valence-electron chi connectivity index (χ3n) is 2.55. The highest BCUT2D eigenvalue weighted by molar-refractivity contribution is 6.02. The molecule has 1 aliphatic carbocycles. The summed E-state index contributed by atoms with van der Waals surface area (Å²) in [6.07, 6.45) is 1.32. The summed E-state index contributed by atoms with van der Waals surface area (Å²) in [6, 6.07) is 0. The molecule has 1 fully saturated rings. The summed E-state index contributed by atoms with van der Waals surface area (Å²) in [5, 5.41) is 41.4. The number of ether oxygens (including phenoxy) is 2. The third kappa shape index (κ3) is 1.90. The normalized spacial score (nSPS) is 20.9. The molecule has 0 amide bonds. The van der Waals surface area contributed by atoms with Crippen molar-refractivity contribution >= 4 is 5.71 Å². The minimum Gasteiger partial charge on any atom is -0.417 e. The van der Waals surface area contributed by atoms with Crippen LogP contribution in [-0.2, 0) is 9.47 Å². The molecular formula is C8H7N3O8. The fraction of sp³-hybridized carbons (Fsp3) is 0.375. The van der Waals surface area contributed by atoms with E-state index in [1.54, 1.807) is 0 Å². The average molecular weight is 273 g/mol. The molecule has 0 saturated carbocycles. The predicted octanol–water partition coefficient (Wildman–Crippen LogP) is -0.595. The van der Waals surface area contributed by atoms with Gasteiger partial charge in [-0.25, -0.2) is 0 Å². The Morgan fingerprint density at radius 1 is 1.05 bits per heavy atom. The Hall–Kier alpha value is -2.53. The van der Waals surface area contributed by atoms with Crippen LogP contribution in [0.3, 0.4) is 0 Å². The summed E-state index contributed by atoms with van der Waals surface area (Å²) >= 11 is 0. The van der Waals surface area contributed by atoms with E-state index < -0.39 is 37.6 Å². The van der Waals surface area contributed by atoms with Crippen LogP contribution in [0, 0.1) is 25.4 Å². The first kappa shape index (κ1) is 12.9. The standard InChI is InChI=1S/C8H7N3O8/c12-9(13)5-3-6(10(14)15)8(18-1-2-19-8)7(4-5)11(16)17/h3-4H,1-2H2,(H,12,13). The van der Waals surface area contributed by atoms with Gasteiger partial charge in [-0.05, 0) is 0 Å². The zero-order valence-corrected chi connectivity index (χ0v) is 9.22. The van der Waals surface area contributed by atoms with Crippen LogP contribution in [0.5, 0.6) is 0 Å². The largest absolute Gasteiger partial charge is 0.417 e. The molecule has 2 rings (SSSR count). The minimum atomic E-state index is -2.26. The number of hydrogen-bond donors (Lipinski definition) is 1. The number of nitrogens with zero attached hydrogens (tertiary/aromatic N) is 3. The van der Waals surface area contributed by atoms with E-state index in [4.69, 9.17) is 14.7 Å². The second-order valence-corrected chi connectivity index (χ2v) is 3.58. The lowest BCUT2D eigenvalue weighted by molar-refractivity contribution is -0.725. The first-order valence-electron chi connectivity index (χ1n) is 4.92. The molecule has 1 N–H and O–H groups in total. The molecule has 0 bridgehead atoms. The highest BCUT2D eigenvalue weighted by atomic mass is 16.8. The molecule has 0 atom stereocenters. The molecule has 1 heterocycles. The zero-order chi connectivity index (χ0) is 14.2. The summed E-state index contributed by atoms with van der Waals surface area (Å²) in [7, 11) is 0. The average Bonchev–Trinajstić information content (AvgIpc) is 2.77. The molecule has 0 unspecified atom stereocenters. The Balaban J connectivity index is 2.66. The van der Waals surface area contributed by atoms with E-state index in [0.717, 1.165) is 0 Å². The molecule has 102 valence electrons. The molecule has 11 heteroatoms. The lowest BCUT2D eigenvalue weighted by Gasteiger charge is -2.22. The van der Waals surface area contributed by atoms with Crippen molar-refractivity contribution in [1.82, 2.24) is 0 Å². The van der Waals surface area contributed by atoms with Crippen LogP contribution < -0.4 is 0 Å². The minimum absolute atomic E-state index is 0.0775. The van der Waals surface area contributed by atoms with E-state index in [9.17, 15) is 25.4 Å². The van der Waals surface area contributed by atoms with Gasteiger partial charge < -0.3 is 14.7 Å². The monoisotopic (exact) mass is 273 g/mol. The summed E-state index contributed by atoms with van der Waals surface area (Å²) in [4.78, 5) is 19.3. The number of rotatable bonds is 2. The van der Waals surface area contributed by atoms with Crippen LogP contribution in [0.2, 0.25) is 0 Å². The van der Waals surface area contributed by atoms with Gasteiger partial charge in [-0.2, -0.15) is 0 Å². The van der Waals surface area contributed by atoms with Crippen LogP contribution in [0.1, 0.15) is 0 Å². The second-order valence-electron chi connectivity index (χ2n) is 3.58. The Labute approximate surface area is 104 Å². The predicted molar refractivity (Wildman–Crippen MR) is 55.2 cm³/mol. The maximum Gasteiger partial charge on any atom is 0.356 e. The van der Waals surface area contributed by atoms with Crippen molar-refractivity contribution in [3.05, 3.63) is 49.0 Å². The fourth-order valence-corrected chi connectivity index (χ4v) is 1.81. The van der Waals surface area contributed by atoms with Gasteiger partial charge in [-0.1, -0.05) is 0 Å². The van der Waals surface area contributed by atoms with Crippen LogP contribution in [0.15, 0.2) is 23.5 Å². The smallest absolute Gasteiger partial charge is 0.356 e. The lowest BCUT2D eigenvalue weighted by atomic mass is 10.0. The van der Waals surface area contributed by atoms with Crippen molar-refractivity contribution in [2.45, 2.75) is 5.79 Å². The van der Waals surface area contributed by atoms with E-state index in [0.29, 0.717) is 12.2 Å². The summed E-state index contributed by atoms with van der Waals surface area (Å²) < 4.78 is 10.00. The first-order valence-corrected chi connectivity index (χ1v) is 4.92. The van der Waals surface area contributed by atoms with Gasteiger partial charge >= 0.3 is 17.2 Å². The van der Waals surface area contributed by atoms with E-state index in [-0.39, 0.29) is 13.2 Å². The van der Waals surface area contributed by atoms with Crippen LogP contribution in [0.4, 0.5) is 0 Å². The summed E-state index contributed by atoms with van der Waals surface area (Å²) in [6.45, 7) is -0.155. The molecule has 0 aromatic heterocycles. The van der Waals surface area contributed by atoms with Gasteiger partial charge in [0, 0.05) is 4.90 Å². The molecule has 1 saturated heterocycles. The second kappa shape index (κ2) is 4.29. The molecule has 0 radical (unpaired) electrons. The van der Waals surface area contributed by atoms with Crippen molar-refractivity contribution in [3.63, 3.8) is 0 Å². The molecule has 1 spiro atoms. The van der Waals surface area contributed by atoms with Gasteiger partial charge in [0.2, 0.25) is 0 Å². The van der Waals surface area contributed by atoms with Crippen LogP contribution >= 0.6 is 0 Å². The topological polar surface area (TPSA) is 151 Å². The summed E-state index contributed by atoms with van der Waals surface area (Å²) in [5.74, 6) is -2.26. The Morgan fingerprint density at radius 2 is 1.47 bits per heavy atom. The van der Waals surface area contributed by atoms with Gasteiger partial charge in [0.25, 0.3) is 5.71 Å². The Kier molecular flexibility index (Phi) is 2.92. The Bertz CT molecular complexity index is 502. The molecule has 0 aromatic carbocycles. The zero-order valence-electron chi connectivity index (χ0n) is 9.22. The maximum atomic E-state index is 11.0. The van der Waals surface area contributed by atoms with Crippen molar-refractivity contribution < 1.29 is 29.4 Å². The highest BCUT2D eigenvalue weighted by Crippen LogP contribution is 2.38.